The molecule has 2 amide bonds. The highest BCUT2D eigenvalue weighted by atomic mass is 16.5. The second kappa shape index (κ2) is 12.4. The predicted octanol–water partition coefficient (Wildman–Crippen LogP) is 6.32. The normalized spacial score (nSPS) is 17.9. The highest BCUT2D eigenvalue weighted by molar-refractivity contribution is 5.99. The maximum Gasteiger partial charge on any atom is 0.256 e. The van der Waals surface area contributed by atoms with Crippen LogP contribution >= 0.6 is 0 Å². The Morgan fingerprint density at radius 3 is 2.37 bits per heavy atom. The fourth-order valence-corrected chi connectivity index (χ4v) is 5.77. The molecule has 2 aliphatic heterocycles. The molecule has 6 rings (SSSR count). The van der Waals surface area contributed by atoms with Crippen LogP contribution in [0.5, 0.6) is 0 Å². The molecule has 41 heavy (non-hydrogen) atoms. The van der Waals surface area contributed by atoms with Gasteiger partial charge in [-0.2, -0.15) is 0 Å². The Kier molecular flexibility index (Phi) is 8.10. The molecular weight excluding hydrogens is 510 g/mol. The van der Waals surface area contributed by atoms with Crippen molar-refractivity contribution in [3.05, 3.63) is 137 Å². The molecule has 6 heteroatoms. The van der Waals surface area contributed by atoms with E-state index in [1.165, 1.54) is 5.56 Å². The molecule has 4 aromatic carbocycles. The third-order valence-corrected chi connectivity index (χ3v) is 7.91. The number of carbonyl (C=O) groups is 2. The average Bonchev–Trinajstić information content (AvgIpc) is 3.63. The number of hydrogen-bond donors (Lipinski definition) is 1. The van der Waals surface area contributed by atoms with Gasteiger partial charge in [-0.15, -0.1) is 0 Å². The van der Waals surface area contributed by atoms with E-state index in [1.54, 1.807) is 0 Å². The summed E-state index contributed by atoms with van der Waals surface area (Å²) in [6.45, 7) is 2.42. The van der Waals surface area contributed by atoms with E-state index in [4.69, 9.17) is 4.74 Å². The molecule has 1 saturated heterocycles. The van der Waals surface area contributed by atoms with Crippen molar-refractivity contribution in [2.75, 3.05) is 25.0 Å². The van der Waals surface area contributed by atoms with Crippen LogP contribution in [0.4, 0.5) is 5.69 Å². The first-order chi connectivity index (χ1) is 20.2. The lowest BCUT2D eigenvalue weighted by Gasteiger charge is -2.29. The molecule has 6 nitrogen and oxygen atoms in total. The SMILES string of the molecule is O=C(c1cccc(NC2c3ccccc3C(=O)N2CC2CCCO2)c1)N(CCc1ccccc1)Cc1ccccc1. The maximum atomic E-state index is 13.9. The summed E-state index contributed by atoms with van der Waals surface area (Å²) in [5, 5.41) is 3.57. The number of fused-ring (bicyclic) bond motifs is 1. The molecule has 0 radical (unpaired) electrons. The summed E-state index contributed by atoms with van der Waals surface area (Å²) in [4.78, 5) is 31.1. The van der Waals surface area contributed by atoms with Crippen molar-refractivity contribution in [3.8, 4) is 0 Å². The Morgan fingerprint density at radius 1 is 0.878 bits per heavy atom. The summed E-state index contributed by atoms with van der Waals surface area (Å²) in [5.41, 5.74) is 5.36. The van der Waals surface area contributed by atoms with E-state index in [1.807, 2.05) is 94.7 Å². The molecule has 2 atom stereocenters. The number of rotatable bonds is 10. The fraction of sp³-hybridized carbons (Fsp3) is 0.257. The Labute approximate surface area is 241 Å². The molecule has 2 heterocycles. The lowest BCUT2D eigenvalue weighted by molar-refractivity contribution is 0.0488. The molecule has 2 unspecified atom stereocenters. The molecule has 0 bridgehead atoms. The molecule has 2 aliphatic rings. The number of ether oxygens (including phenoxy) is 1. The van der Waals surface area contributed by atoms with E-state index >= 15 is 0 Å². The van der Waals surface area contributed by atoms with E-state index in [-0.39, 0.29) is 24.1 Å². The number of benzene rings is 4. The van der Waals surface area contributed by atoms with Gasteiger partial charge in [0.15, 0.2) is 0 Å². The van der Waals surface area contributed by atoms with Crippen LogP contribution in [0.3, 0.4) is 0 Å². The fourth-order valence-electron chi connectivity index (χ4n) is 5.77. The van der Waals surface area contributed by atoms with Gasteiger partial charge >= 0.3 is 0 Å². The van der Waals surface area contributed by atoms with Crippen LogP contribution in [0.15, 0.2) is 109 Å². The predicted molar refractivity (Wildman–Crippen MR) is 161 cm³/mol. The Morgan fingerprint density at radius 2 is 1.61 bits per heavy atom. The molecule has 1 fully saturated rings. The van der Waals surface area contributed by atoms with Crippen LogP contribution in [0, 0.1) is 0 Å². The lowest BCUT2D eigenvalue weighted by Crippen LogP contribution is -2.38. The van der Waals surface area contributed by atoms with Crippen molar-refractivity contribution in [2.24, 2.45) is 0 Å². The third-order valence-electron chi connectivity index (χ3n) is 7.91. The van der Waals surface area contributed by atoms with E-state index < -0.39 is 0 Å². The zero-order valence-corrected chi connectivity index (χ0v) is 23.1. The molecule has 208 valence electrons. The minimum atomic E-state index is -0.327. The van der Waals surface area contributed by atoms with Gasteiger partial charge < -0.3 is 19.9 Å². The first-order valence-corrected chi connectivity index (χ1v) is 14.4. The van der Waals surface area contributed by atoms with Gasteiger partial charge in [0.2, 0.25) is 0 Å². The van der Waals surface area contributed by atoms with Gasteiger partial charge in [-0.1, -0.05) is 84.9 Å². The zero-order chi connectivity index (χ0) is 28.0. The molecule has 4 aromatic rings. The Balaban J connectivity index is 1.23. The van der Waals surface area contributed by atoms with Gasteiger partial charge in [0.05, 0.1) is 6.10 Å². The van der Waals surface area contributed by atoms with Crippen LogP contribution in [-0.2, 0) is 17.7 Å². The zero-order valence-electron chi connectivity index (χ0n) is 23.1. The molecule has 0 aliphatic carbocycles. The quantitative estimate of drug-likeness (QED) is 0.253. The Hall–Kier alpha value is -4.42. The van der Waals surface area contributed by atoms with Crippen molar-refractivity contribution in [2.45, 2.75) is 38.1 Å². The van der Waals surface area contributed by atoms with Crippen molar-refractivity contribution in [1.29, 1.82) is 0 Å². The van der Waals surface area contributed by atoms with E-state index in [2.05, 4.69) is 29.6 Å². The second-order valence-electron chi connectivity index (χ2n) is 10.8. The van der Waals surface area contributed by atoms with Gasteiger partial charge in [0.25, 0.3) is 11.8 Å². The van der Waals surface area contributed by atoms with Gasteiger partial charge in [-0.25, -0.2) is 0 Å². The first-order valence-electron chi connectivity index (χ1n) is 14.4. The average molecular weight is 546 g/mol. The molecule has 0 spiro atoms. The summed E-state index contributed by atoms with van der Waals surface area (Å²) >= 11 is 0. The molecule has 0 aromatic heterocycles. The Bertz CT molecular complexity index is 1490. The van der Waals surface area contributed by atoms with Crippen LogP contribution in [0.2, 0.25) is 0 Å². The van der Waals surface area contributed by atoms with Gasteiger partial charge in [-0.05, 0) is 54.7 Å². The second-order valence-corrected chi connectivity index (χ2v) is 10.8. The topological polar surface area (TPSA) is 61.9 Å². The summed E-state index contributed by atoms with van der Waals surface area (Å²) < 4.78 is 5.87. The minimum Gasteiger partial charge on any atom is -0.376 e. The maximum absolute atomic E-state index is 13.9. The standard InChI is InChI=1S/C35H35N3O3/c39-34(37(24-27-13-5-2-6-14-27)21-20-26-11-3-1-4-12-26)28-15-9-16-29(23-28)36-33-31-18-7-8-19-32(31)35(40)38(33)25-30-17-10-22-41-30/h1-9,11-16,18-19,23,30,33,36H,10,17,20-22,24-25H2. The smallest absolute Gasteiger partial charge is 0.256 e. The van der Waals surface area contributed by atoms with Crippen molar-refractivity contribution in [1.82, 2.24) is 9.80 Å². The van der Waals surface area contributed by atoms with Crippen molar-refractivity contribution < 1.29 is 14.3 Å². The molecule has 0 saturated carbocycles. The molecule has 1 N–H and O–H groups in total. The van der Waals surface area contributed by atoms with Gasteiger partial charge in [0.1, 0.15) is 6.17 Å². The number of anilines is 1. The van der Waals surface area contributed by atoms with E-state index in [0.29, 0.717) is 30.8 Å². The summed E-state index contributed by atoms with van der Waals surface area (Å²) in [6, 6.07) is 35.7. The van der Waals surface area contributed by atoms with Crippen LogP contribution in [0.1, 0.15) is 56.4 Å². The van der Waals surface area contributed by atoms with Crippen LogP contribution in [0.25, 0.3) is 0 Å². The van der Waals surface area contributed by atoms with Crippen molar-refractivity contribution >= 4 is 17.5 Å². The summed E-state index contributed by atoms with van der Waals surface area (Å²) in [6.07, 6.45) is 2.47. The largest absolute Gasteiger partial charge is 0.376 e. The number of hydrogen-bond acceptors (Lipinski definition) is 4. The number of nitrogens with one attached hydrogen (secondary N) is 1. The highest BCUT2D eigenvalue weighted by Gasteiger charge is 2.38. The van der Waals surface area contributed by atoms with E-state index in [0.717, 1.165) is 42.7 Å². The summed E-state index contributed by atoms with van der Waals surface area (Å²) in [5.74, 6) is -0.0108. The highest BCUT2D eigenvalue weighted by Crippen LogP contribution is 2.35. The van der Waals surface area contributed by atoms with Crippen molar-refractivity contribution in [3.63, 3.8) is 0 Å². The molecular formula is C35H35N3O3. The van der Waals surface area contributed by atoms with Crippen LogP contribution < -0.4 is 5.32 Å². The van der Waals surface area contributed by atoms with Gasteiger partial charge in [0, 0.05) is 48.6 Å². The van der Waals surface area contributed by atoms with Gasteiger partial charge in [-0.3, -0.25) is 9.59 Å². The number of carbonyl (C=O) groups excluding carboxylic acids is 2. The minimum absolute atomic E-state index is 0.00998. The van der Waals surface area contributed by atoms with E-state index in [9.17, 15) is 9.59 Å². The van der Waals surface area contributed by atoms with Crippen LogP contribution in [-0.4, -0.2) is 47.4 Å². The number of nitrogens with zero attached hydrogens (tertiary/aromatic N) is 2. The monoisotopic (exact) mass is 545 g/mol. The number of amides is 2. The lowest BCUT2D eigenvalue weighted by atomic mass is 10.1. The third kappa shape index (κ3) is 6.18. The first kappa shape index (κ1) is 26.8. The summed E-state index contributed by atoms with van der Waals surface area (Å²) in [7, 11) is 0.